The van der Waals surface area contributed by atoms with Crippen molar-refractivity contribution in [1.82, 2.24) is 15.5 Å². The van der Waals surface area contributed by atoms with E-state index in [9.17, 15) is 9.59 Å². The molecule has 1 aromatic heterocycles. The highest BCUT2D eigenvalue weighted by Gasteiger charge is 2.17. The van der Waals surface area contributed by atoms with Crippen LogP contribution >= 0.6 is 11.6 Å². The van der Waals surface area contributed by atoms with Gasteiger partial charge in [0.25, 0.3) is 11.8 Å². The maximum absolute atomic E-state index is 12.4. The molecule has 0 bridgehead atoms. The summed E-state index contributed by atoms with van der Waals surface area (Å²) in [7, 11) is 2.95. The molecule has 9 heteroatoms. The summed E-state index contributed by atoms with van der Waals surface area (Å²) in [6.07, 6.45) is 0.0710. The normalized spacial score (nSPS) is 10.8. The lowest BCUT2D eigenvalue weighted by Gasteiger charge is -2.12. The number of carbonyl (C=O) groups is 2. The van der Waals surface area contributed by atoms with Gasteiger partial charge in [-0.3, -0.25) is 9.59 Å². The maximum atomic E-state index is 12.4. The van der Waals surface area contributed by atoms with Crippen LogP contribution in [0.1, 0.15) is 27.9 Å². The molecule has 1 N–H and O–H groups in total. The molecule has 0 spiro atoms. The largest absolute Gasteiger partial charge is 0.469 e. The SMILES string of the molecule is COCc1cc(-c2nc(-c3ccc(C(=O)NCCC(=O)OC)c(Cl)c3)no2)ccc1-c1ccccc1C. The van der Waals surface area contributed by atoms with Crippen molar-refractivity contribution in [2.75, 3.05) is 20.8 Å². The molecular weight excluding hydrogens is 494 g/mol. The molecule has 0 radical (unpaired) electrons. The van der Waals surface area contributed by atoms with Crippen LogP contribution in [-0.2, 0) is 20.9 Å². The van der Waals surface area contributed by atoms with Crippen molar-refractivity contribution < 1.29 is 23.6 Å². The zero-order valence-electron chi connectivity index (χ0n) is 20.7. The molecule has 4 rings (SSSR count). The average molecular weight is 520 g/mol. The number of rotatable bonds is 9. The molecule has 0 aliphatic carbocycles. The zero-order chi connectivity index (χ0) is 26.4. The second-order valence-corrected chi connectivity index (χ2v) is 8.73. The summed E-state index contributed by atoms with van der Waals surface area (Å²) < 4.78 is 15.6. The lowest BCUT2D eigenvalue weighted by Crippen LogP contribution is -2.26. The summed E-state index contributed by atoms with van der Waals surface area (Å²) in [4.78, 5) is 28.2. The van der Waals surface area contributed by atoms with Gasteiger partial charge in [0.15, 0.2) is 0 Å². The van der Waals surface area contributed by atoms with Gasteiger partial charge < -0.3 is 19.3 Å². The number of methoxy groups -OCH3 is 2. The van der Waals surface area contributed by atoms with Crippen LogP contribution < -0.4 is 5.32 Å². The van der Waals surface area contributed by atoms with Crippen LogP contribution in [0.3, 0.4) is 0 Å². The number of aryl methyl sites for hydroxylation is 1. The minimum absolute atomic E-state index is 0.0710. The summed E-state index contributed by atoms with van der Waals surface area (Å²) >= 11 is 6.36. The Morgan fingerprint density at radius 1 is 1.00 bits per heavy atom. The Bertz CT molecular complexity index is 1430. The van der Waals surface area contributed by atoms with Crippen molar-refractivity contribution in [3.05, 3.63) is 82.4 Å². The molecule has 0 aliphatic heterocycles. The van der Waals surface area contributed by atoms with Crippen LogP contribution in [0.5, 0.6) is 0 Å². The minimum Gasteiger partial charge on any atom is -0.469 e. The van der Waals surface area contributed by atoms with Crippen LogP contribution in [0.4, 0.5) is 0 Å². The molecule has 8 nitrogen and oxygen atoms in total. The third kappa shape index (κ3) is 6.04. The standard InChI is InChI=1S/C28H26ClN3O5/c1-17-6-4-5-7-21(17)22-10-9-19(14-20(22)16-35-2)28-31-26(32-37-28)18-8-11-23(24(29)15-18)27(34)30-13-12-25(33)36-3/h4-11,14-15H,12-13,16H2,1-3H3,(H,30,34). The smallest absolute Gasteiger partial charge is 0.307 e. The number of hydrogen-bond donors (Lipinski definition) is 1. The molecule has 0 fully saturated rings. The molecule has 0 saturated carbocycles. The van der Waals surface area contributed by atoms with E-state index in [1.54, 1.807) is 25.3 Å². The fourth-order valence-corrected chi connectivity index (χ4v) is 4.18. The lowest BCUT2D eigenvalue weighted by atomic mass is 9.94. The van der Waals surface area contributed by atoms with Crippen molar-refractivity contribution in [3.8, 4) is 34.0 Å². The van der Waals surface area contributed by atoms with E-state index in [-0.39, 0.29) is 23.6 Å². The predicted octanol–water partition coefficient (Wildman–Crippen LogP) is 5.47. The monoisotopic (exact) mass is 519 g/mol. The first-order valence-corrected chi connectivity index (χ1v) is 12.0. The number of nitrogens with zero attached hydrogens (tertiary/aromatic N) is 2. The zero-order valence-corrected chi connectivity index (χ0v) is 21.5. The van der Waals surface area contributed by atoms with Gasteiger partial charge in [-0.25, -0.2) is 0 Å². The van der Waals surface area contributed by atoms with Crippen molar-refractivity contribution in [2.45, 2.75) is 20.0 Å². The van der Waals surface area contributed by atoms with Gasteiger partial charge in [0.05, 0.1) is 30.7 Å². The van der Waals surface area contributed by atoms with Crippen LogP contribution in [0.15, 0.2) is 65.2 Å². The lowest BCUT2D eigenvalue weighted by molar-refractivity contribution is -0.140. The summed E-state index contributed by atoms with van der Waals surface area (Å²) in [6.45, 7) is 2.65. The summed E-state index contributed by atoms with van der Waals surface area (Å²) in [5, 5.41) is 6.97. The van der Waals surface area contributed by atoms with Crippen LogP contribution in [0.2, 0.25) is 5.02 Å². The highest BCUT2D eigenvalue weighted by Crippen LogP contribution is 2.32. The quantitative estimate of drug-likeness (QED) is 0.292. The number of carbonyl (C=O) groups excluding carboxylic acids is 2. The molecule has 0 atom stereocenters. The molecule has 1 heterocycles. The fraction of sp³-hybridized carbons (Fsp3) is 0.214. The van der Waals surface area contributed by atoms with E-state index in [0.29, 0.717) is 23.9 Å². The number of halogens is 1. The van der Waals surface area contributed by atoms with Gasteiger partial charge >= 0.3 is 5.97 Å². The van der Waals surface area contributed by atoms with Gasteiger partial charge in [0.1, 0.15) is 0 Å². The molecule has 0 unspecified atom stereocenters. The molecule has 0 aliphatic rings. The highest BCUT2D eigenvalue weighted by molar-refractivity contribution is 6.34. The maximum Gasteiger partial charge on any atom is 0.307 e. The first-order valence-electron chi connectivity index (χ1n) is 11.6. The van der Waals surface area contributed by atoms with Crippen molar-refractivity contribution in [2.24, 2.45) is 0 Å². The third-order valence-corrected chi connectivity index (χ3v) is 6.14. The predicted molar refractivity (Wildman–Crippen MR) is 140 cm³/mol. The van der Waals surface area contributed by atoms with Gasteiger partial charge in [-0.1, -0.05) is 53.2 Å². The van der Waals surface area contributed by atoms with Gasteiger partial charge in [0, 0.05) is 24.8 Å². The molecule has 1 amide bonds. The molecule has 4 aromatic rings. The summed E-state index contributed by atoms with van der Waals surface area (Å²) in [5.41, 5.74) is 6.02. The molecule has 3 aromatic carbocycles. The second kappa shape index (κ2) is 11.8. The number of ether oxygens (including phenoxy) is 2. The number of nitrogens with one attached hydrogen (secondary N) is 1. The molecule has 0 saturated heterocycles. The first kappa shape index (κ1) is 26.1. The molecule has 190 valence electrons. The van der Waals surface area contributed by atoms with Crippen molar-refractivity contribution in [1.29, 1.82) is 0 Å². The van der Waals surface area contributed by atoms with Crippen LogP contribution in [0, 0.1) is 6.92 Å². The van der Waals surface area contributed by atoms with Gasteiger partial charge in [0.2, 0.25) is 5.82 Å². The van der Waals surface area contributed by atoms with E-state index in [1.807, 2.05) is 30.3 Å². The topological polar surface area (TPSA) is 104 Å². The fourth-order valence-electron chi connectivity index (χ4n) is 3.91. The van der Waals surface area contributed by atoms with E-state index in [2.05, 4.69) is 39.3 Å². The third-order valence-electron chi connectivity index (χ3n) is 5.83. The van der Waals surface area contributed by atoms with E-state index in [4.69, 9.17) is 20.9 Å². The summed E-state index contributed by atoms with van der Waals surface area (Å²) in [6, 6.07) is 19.0. The highest BCUT2D eigenvalue weighted by atomic mass is 35.5. The molecule has 37 heavy (non-hydrogen) atoms. The van der Waals surface area contributed by atoms with E-state index in [1.165, 1.54) is 12.7 Å². The Kier molecular flexibility index (Phi) is 8.32. The van der Waals surface area contributed by atoms with E-state index < -0.39 is 11.9 Å². The minimum atomic E-state index is -0.409. The van der Waals surface area contributed by atoms with Gasteiger partial charge in [-0.2, -0.15) is 4.98 Å². The second-order valence-electron chi connectivity index (χ2n) is 8.32. The van der Waals surface area contributed by atoms with Gasteiger partial charge in [-0.15, -0.1) is 0 Å². The van der Waals surface area contributed by atoms with E-state index in [0.717, 1.165) is 22.3 Å². The Morgan fingerprint density at radius 3 is 2.51 bits per heavy atom. The Morgan fingerprint density at radius 2 is 1.78 bits per heavy atom. The number of esters is 1. The summed E-state index contributed by atoms with van der Waals surface area (Å²) in [5.74, 6) is -0.113. The Hall–Kier alpha value is -4.01. The molecular formula is C28H26ClN3O5. The number of aromatic nitrogens is 2. The average Bonchev–Trinajstić information content (AvgIpc) is 3.39. The first-order chi connectivity index (χ1) is 17.9. The van der Waals surface area contributed by atoms with Crippen LogP contribution in [-0.4, -0.2) is 42.8 Å². The van der Waals surface area contributed by atoms with Crippen LogP contribution in [0.25, 0.3) is 34.0 Å². The number of amides is 1. The Labute approximate surface area is 219 Å². The number of benzene rings is 3. The van der Waals surface area contributed by atoms with Crippen molar-refractivity contribution in [3.63, 3.8) is 0 Å². The van der Waals surface area contributed by atoms with Gasteiger partial charge in [-0.05, 0) is 53.4 Å². The Balaban J connectivity index is 1.55. The number of hydrogen-bond acceptors (Lipinski definition) is 7. The van der Waals surface area contributed by atoms with Crippen molar-refractivity contribution >= 4 is 23.5 Å². The van der Waals surface area contributed by atoms with E-state index >= 15 is 0 Å².